The summed E-state index contributed by atoms with van der Waals surface area (Å²) in [5.74, 6) is 2.11. The zero-order valence-electron chi connectivity index (χ0n) is 11.7. The summed E-state index contributed by atoms with van der Waals surface area (Å²) in [6.07, 6.45) is -0.289. The normalized spacial score (nSPS) is 11.8. The van der Waals surface area contributed by atoms with Crippen LogP contribution in [0.1, 0.15) is 11.7 Å². The molecular weight excluding hydrogens is 254 g/mol. The van der Waals surface area contributed by atoms with E-state index in [4.69, 9.17) is 19.9 Å². The first-order valence-corrected chi connectivity index (χ1v) is 6.42. The first-order chi connectivity index (χ1) is 9.80. The third-order valence-electron chi connectivity index (χ3n) is 3.04. The Morgan fingerprint density at radius 3 is 2.00 bits per heavy atom. The standard InChI is InChI=1S/C16H19NO3/c1-18-13-8-4-3-7-12(13)16(11-17)20-15-10-6-5-9-14(15)19-2/h3-10,16H,11,17H2,1-2H3. The zero-order chi connectivity index (χ0) is 14.4. The lowest BCUT2D eigenvalue weighted by Crippen LogP contribution is -2.19. The van der Waals surface area contributed by atoms with E-state index in [1.807, 2.05) is 48.5 Å². The lowest BCUT2D eigenvalue weighted by Gasteiger charge is -2.21. The summed E-state index contributed by atoms with van der Waals surface area (Å²) in [5, 5.41) is 0. The molecule has 0 radical (unpaired) electrons. The molecule has 2 aromatic carbocycles. The molecule has 0 saturated heterocycles. The van der Waals surface area contributed by atoms with Crippen molar-refractivity contribution in [2.75, 3.05) is 20.8 Å². The van der Waals surface area contributed by atoms with Gasteiger partial charge in [-0.2, -0.15) is 0 Å². The molecule has 2 rings (SSSR count). The second-order valence-corrected chi connectivity index (χ2v) is 4.24. The molecule has 2 N–H and O–H groups in total. The van der Waals surface area contributed by atoms with Gasteiger partial charge in [0.05, 0.1) is 14.2 Å². The highest BCUT2D eigenvalue weighted by Crippen LogP contribution is 2.33. The fraction of sp³-hybridized carbons (Fsp3) is 0.250. The predicted octanol–water partition coefficient (Wildman–Crippen LogP) is 2.78. The van der Waals surface area contributed by atoms with Gasteiger partial charge in [0, 0.05) is 12.1 Å². The predicted molar refractivity (Wildman–Crippen MR) is 78.4 cm³/mol. The van der Waals surface area contributed by atoms with E-state index in [1.54, 1.807) is 14.2 Å². The van der Waals surface area contributed by atoms with E-state index in [1.165, 1.54) is 0 Å². The second kappa shape index (κ2) is 6.82. The topological polar surface area (TPSA) is 53.7 Å². The van der Waals surface area contributed by atoms with Crippen LogP contribution in [-0.2, 0) is 0 Å². The van der Waals surface area contributed by atoms with Crippen molar-refractivity contribution in [2.45, 2.75) is 6.10 Å². The summed E-state index contributed by atoms with van der Waals surface area (Å²) in [6, 6.07) is 15.2. The highest BCUT2D eigenvalue weighted by Gasteiger charge is 2.17. The molecule has 0 aromatic heterocycles. The summed E-state index contributed by atoms with van der Waals surface area (Å²) >= 11 is 0. The fourth-order valence-corrected chi connectivity index (χ4v) is 2.04. The number of methoxy groups -OCH3 is 2. The Morgan fingerprint density at radius 1 is 0.850 bits per heavy atom. The van der Waals surface area contributed by atoms with E-state index >= 15 is 0 Å². The average molecular weight is 273 g/mol. The smallest absolute Gasteiger partial charge is 0.162 e. The van der Waals surface area contributed by atoms with Crippen LogP contribution in [0.25, 0.3) is 0 Å². The third kappa shape index (κ3) is 3.03. The van der Waals surface area contributed by atoms with E-state index in [0.717, 1.165) is 11.3 Å². The summed E-state index contributed by atoms with van der Waals surface area (Å²) in [5.41, 5.74) is 6.77. The van der Waals surface area contributed by atoms with Crippen molar-refractivity contribution >= 4 is 0 Å². The average Bonchev–Trinajstić information content (AvgIpc) is 2.53. The van der Waals surface area contributed by atoms with Crippen LogP contribution in [0.2, 0.25) is 0 Å². The molecule has 0 amide bonds. The molecule has 2 aromatic rings. The molecule has 0 fully saturated rings. The van der Waals surface area contributed by atoms with Crippen molar-refractivity contribution in [3.05, 3.63) is 54.1 Å². The van der Waals surface area contributed by atoms with Crippen molar-refractivity contribution in [1.82, 2.24) is 0 Å². The molecule has 1 atom stereocenters. The van der Waals surface area contributed by atoms with E-state index in [2.05, 4.69) is 0 Å². The second-order valence-electron chi connectivity index (χ2n) is 4.24. The molecule has 0 spiro atoms. The molecule has 1 unspecified atom stereocenters. The third-order valence-corrected chi connectivity index (χ3v) is 3.04. The molecule has 20 heavy (non-hydrogen) atoms. The zero-order valence-corrected chi connectivity index (χ0v) is 11.7. The number of nitrogens with two attached hydrogens (primary N) is 1. The summed E-state index contributed by atoms with van der Waals surface area (Å²) in [4.78, 5) is 0. The van der Waals surface area contributed by atoms with Crippen LogP contribution in [0.15, 0.2) is 48.5 Å². The number of rotatable bonds is 6. The van der Waals surface area contributed by atoms with Gasteiger partial charge in [-0.1, -0.05) is 30.3 Å². The van der Waals surface area contributed by atoms with E-state index in [-0.39, 0.29) is 6.10 Å². The van der Waals surface area contributed by atoms with Gasteiger partial charge in [-0.15, -0.1) is 0 Å². The van der Waals surface area contributed by atoms with Crippen molar-refractivity contribution in [1.29, 1.82) is 0 Å². The molecule has 0 aliphatic rings. The molecule has 4 heteroatoms. The molecule has 0 aliphatic heterocycles. The Bertz CT molecular complexity index is 557. The van der Waals surface area contributed by atoms with Gasteiger partial charge in [-0.05, 0) is 18.2 Å². The molecular formula is C16H19NO3. The van der Waals surface area contributed by atoms with Gasteiger partial charge >= 0.3 is 0 Å². The van der Waals surface area contributed by atoms with Gasteiger partial charge in [-0.3, -0.25) is 0 Å². The van der Waals surface area contributed by atoms with E-state index in [0.29, 0.717) is 18.0 Å². The quantitative estimate of drug-likeness (QED) is 0.879. The van der Waals surface area contributed by atoms with Crippen LogP contribution in [0.3, 0.4) is 0 Å². The fourth-order valence-electron chi connectivity index (χ4n) is 2.04. The Balaban J connectivity index is 2.29. The van der Waals surface area contributed by atoms with Crippen LogP contribution < -0.4 is 19.9 Å². The molecule has 106 valence electrons. The van der Waals surface area contributed by atoms with Gasteiger partial charge in [-0.25, -0.2) is 0 Å². The van der Waals surface area contributed by atoms with Crippen molar-refractivity contribution < 1.29 is 14.2 Å². The van der Waals surface area contributed by atoms with Crippen molar-refractivity contribution in [3.63, 3.8) is 0 Å². The monoisotopic (exact) mass is 273 g/mol. The van der Waals surface area contributed by atoms with Crippen LogP contribution in [-0.4, -0.2) is 20.8 Å². The summed E-state index contributed by atoms with van der Waals surface area (Å²) in [6.45, 7) is 0.346. The highest BCUT2D eigenvalue weighted by atomic mass is 16.5. The van der Waals surface area contributed by atoms with Crippen LogP contribution in [0, 0.1) is 0 Å². The maximum absolute atomic E-state index is 5.98. The van der Waals surface area contributed by atoms with E-state index in [9.17, 15) is 0 Å². The first kappa shape index (κ1) is 14.2. The number of benzene rings is 2. The largest absolute Gasteiger partial charge is 0.496 e. The Hall–Kier alpha value is -2.20. The van der Waals surface area contributed by atoms with Gasteiger partial charge < -0.3 is 19.9 Å². The maximum atomic E-state index is 5.98. The summed E-state index contributed by atoms with van der Waals surface area (Å²) in [7, 11) is 3.25. The lowest BCUT2D eigenvalue weighted by atomic mass is 10.1. The van der Waals surface area contributed by atoms with Crippen LogP contribution in [0.4, 0.5) is 0 Å². The van der Waals surface area contributed by atoms with Crippen molar-refractivity contribution in [3.8, 4) is 17.2 Å². The molecule has 0 aliphatic carbocycles. The number of para-hydroxylation sites is 3. The Labute approximate surface area is 119 Å². The minimum atomic E-state index is -0.289. The number of ether oxygens (including phenoxy) is 3. The Morgan fingerprint density at radius 2 is 1.40 bits per heavy atom. The number of hydrogen-bond acceptors (Lipinski definition) is 4. The van der Waals surface area contributed by atoms with Gasteiger partial charge in [0.25, 0.3) is 0 Å². The minimum absolute atomic E-state index is 0.289. The SMILES string of the molecule is COc1ccccc1OC(CN)c1ccccc1OC. The van der Waals surface area contributed by atoms with Gasteiger partial charge in [0.2, 0.25) is 0 Å². The summed E-state index contributed by atoms with van der Waals surface area (Å²) < 4.78 is 16.6. The van der Waals surface area contributed by atoms with Crippen LogP contribution in [0.5, 0.6) is 17.2 Å². The van der Waals surface area contributed by atoms with E-state index < -0.39 is 0 Å². The maximum Gasteiger partial charge on any atom is 0.162 e. The molecule has 0 saturated carbocycles. The lowest BCUT2D eigenvalue weighted by molar-refractivity contribution is 0.200. The number of hydrogen-bond donors (Lipinski definition) is 1. The van der Waals surface area contributed by atoms with Gasteiger partial charge in [0.15, 0.2) is 11.5 Å². The first-order valence-electron chi connectivity index (χ1n) is 6.42. The van der Waals surface area contributed by atoms with Gasteiger partial charge in [0.1, 0.15) is 11.9 Å². The highest BCUT2D eigenvalue weighted by molar-refractivity contribution is 5.41. The minimum Gasteiger partial charge on any atom is -0.496 e. The Kier molecular flexibility index (Phi) is 4.85. The van der Waals surface area contributed by atoms with Crippen molar-refractivity contribution in [2.24, 2.45) is 5.73 Å². The van der Waals surface area contributed by atoms with Crippen LogP contribution >= 0.6 is 0 Å². The molecule has 4 nitrogen and oxygen atoms in total. The molecule has 0 heterocycles. The molecule has 0 bridgehead atoms.